The van der Waals surface area contributed by atoms with Gasteiger partial charge in [0.2, 0.25) is 0 Å². The highest BCUT2D eigenvalue weighted by Gasteiger charge is 2.42. The van der Waals surface area contributed by atoms with E-state index in [4.69, 9.17) is 4.74 Å². The zero-order chi connectivity index (χ0) is 9.19. The molecule has 1 heterocycles. The highest BCUT2D eigenvalue weighted by atomic mass is 19.3. The molecule has 0 aromatic heterocycles. The van der Waals surface area contributed by atoms with Crippen LogP contribution in [0.2, 0.25) is 0 Å². The summed E-state index contributed by atoms with van der Waals surface area (Å²) in [5, 5.41) is 0. The third-order valence-electron chi connectivity index (χ3n) is 2.54. The Kier molecular flexibility index (Phi) is 3.04. The Morgan fingerprint density at radius 2 is 1.75 bits per heavy atom. The molecule has 1 saturated heterocycles. The molecule has 0 aromatic rings. The molecule has 1 nitrogen and oxygen atoms in total. The number of hydrogen-bond acceptors (Lipinski definition) is 1. The maximum Gasteiger partial charge on any atom is 0.253 e. The Bertz CT molecular complexity index is 139. The van der Waals surface area contributed by atoms with Gasteiger partial charge < -0.3 is 4.74 Å². The summed E-state index contributed by atoms with van der Waals surface area (Å²) in [6, 6.07) is 0. The Hall–Kier alpha value is -0.180. The second-order valence-electron chi connectivity index (χ2n) is 3.72. The highest BCUT2D eigenvalue weighted by Crippen LogP contribution is 2.37. The normalized spacial score (nSPS) is 21.8. The molecule has 0 radical (unpaired) electrons. The average Bonchev–Trinajstić information content (AvgIpc) is 2.06. The second-order valence-corrected chi connectivity index (χ2v) is 3.72. The summed E-state index contributed by atoms with van der Waals surface area (Å²) in [6.07, 6.45) is 1.01. The molecule has 0 aliphatic carbocycles. The first-order chi connectivity index (χ1) is 5.55. The molecule has 1 aliphatic heterocycles. The zero-order valence-corrected chi connectivity index (χ0v) is 7.65. The topological polar surface area (TPSA) is 9.23 Å². The van der Waals surface area contributed by atoms with Crippen LogP contribution in [-0.4, -0.2) is 19.1 Å². The van der Waals surface area contributed by atoms with Gasteiger partial charge in [-0.1, -0.05) is 13.8 Å². The Balaban J connectivity index is 2.53. The molecule has 0 atom stereocenters. The Labute approximate surface area is 72.1 Å². The van der Waals surface area contributed by atoms with Crippen LogP contribution in [0, 0.1) is 11.8 Å². The van der Waals surface area contributed by atoms with Gasteiger partial charge in [0.05, 0.1) is 0 Å². The summed E-state index contributed by atoms with van der Waals surface area (Å²) in [7, 11) is 0. The largest absolute Gasteiger partial charge is 0.381 e. The average molecular weight is 178 g/mol. The van der Waals surface area contributed by atoms with Gasteiger partial charge in [0.15, 0.2) is 0 Å². The van der Waals surface area contributed by atoms with E-state index in [1.54, 1.807) is 13.8 Å². The lowest BCUT2D eigenvalue weighted by Gasteiger charge is -2.32. The summed E-state index contributed by atoms with van der Waals surface area (Å²) >= 11 is 0. The van der Waals surface area contributed by atoms with Crippen LogP contribution in [0.3, 0.4) is 0 Å². The molecular weight excluding hydrogens is 162 g/mol. The van der Waals surface area contributed by atoms with E-state index in [2.05, 4.69) is 0 Å². The lowest BCUT2D eigenvalue weighted by atomic mass is 9.86. The van der Waals surface area contributed by atoms with Gasteiger partial charge in [0.25, 0.3) is 5.92 Å². The van der Waals surface area contributed by atoms with Crippen LogP contribution < -0.4 is 0 Å². The van der Waals surface area contributed by atoms with Gasteiger partial charge in [-0.25, -0.2) is 8.78 Å². The molecule has 3 heteroatoms. The minimum atomic E-state index is -2.51. The lowest BCUT2D eigenvalue weighted by Crippen LogP contribution is -2.37. The van der Waals surface area contributed by atoms with E-state index in [-0.39, 0.29) is 0 Å². The van der Waals surface area contributed by atoms with Crippen molar-refractivity contribution in [2.24, 2.45) is 11.8 Å². The van der Waals surface area contributed by atoms with Crippen molar-refractivity contribution in [3.63, 3.8) is 0 Å². The molecule has 0 saturated carbocycles. The Morgan fingerprint density at radius 3 is 2.17 bits per heavy atom. The third-order valence-corrected chi connectivity index (χ3v) is 2.54. The number of ether oxygens (including phenoxy) is 1. The van der Waals surface area contributed by atoms with Gasteiger partial charge in [0.1, 0.15) is 0 Å². The van der Waals surface area contributed by atoms with Gasteiger partial charge >= 0.3 is 0 Å². The molecule has 1 aliphatic rings. The Morgan fingerprint density at radius 1 is 1.25 bits per heavy atom. The first kappa shape index (κ1) is 9.90. The van der Waals surface area contributed by atoms with Gasteiger partial charge in [-0.05, 0) is 12.8 Å². The van der Waals surface area contributed by atoms with E-state index >= 15 is 0 Å². The van der Waals surface area contributed by atoms with Crippen molar-refractivity contribution in [2.45, 2.75) is 32.6 Å². The van der Waals surface area contributed by atoms with Crippen molar-refractivity contribution in [1.82, 2.24) is 0 Å². The summed E-state index contributed by atoms with van der Waals surface area (Å²) in [5.74, 6) is -3.53. The summed E-state index contributed by atoms with van der Waals surface area (Å²) in [4.78, 5) is 0. The van der Waals surface area contributed by atoms with Crippen molar-refractivity contribution >= 4 is 0 Å². The standard InChI is InChI=1S/C9H16F2O/c1-7(2)9(10,11)8-3-5-12-6-4-8/h7-8H,3-6H2,1-2H3. The quantitative estimate of drug-likeness (QED) is 0.631. The molecule has 72 valence electrons. The molecule has 0 N–H and O–H groups in total. The number of hydrogen-bond donors (Lipinski definition) is 0. The second kappa shape index (κ2) is 3.69. The monoisotopic (exact) mass is 178 g/mol. The van der Waals surface area contributed by atoms with Crippen molar-refractivity contribution in [1.29, 1.82) is 0 Å². The molecule has 0 spiro atoms. The van der Waals surface area contributed by atoms with Gasteiger partial charge in [-0.2, -0.15) is 0 Å². The first-order valence-corrected chi connectivity index (χ1v) is 4.50. The van der Waals surface area contributed by atoms with Crippen LogP contribution in [0.1, 0.15) is 26.7 Å². The molecule has 1 rings (SSSR count). The van der Waals surface area contributed by atoms with Crippen LogP contribution >= 0.6 is 0 Å². The fourth-order valence-corrected chi connectivity index (χ4v) is 1.55. The number of alkyl halides is 2. The van der Waals surface area contributed by atoms with Crippen LogP contribution in [0.5, 0.6) is 0 Å². The minimum absolute atomic E-state index is 0.466. The van der Waals surface area contributed by atoms with Crippen LogP contribution in [0.4, 0.5) is 8.78 Å². The van der Waals surface area contributed by atoms with Crippen molar-refractivity contribution < 1.29 is 13.5 Å². The molecule has 0 unspecified atom stereocenters. The molecule has 12 heavy (non-hydrogen) atoms. The van der Waals surface area contributed by atoms with E-state index in [1.165, 1.54) is 0 Å². The van der Waals surface area contributed by atoms with Gasteiger partial charge in [0, 0.05) is 25.0 Å². The molecule has 0 amide bonds. The number of rotatable bonds is 2. The van der Waals surface area contributed by atoms with E-state index in [0.717, 1.165) is 0 Å². The molecule has 1 fully saturated rings. The van der Waals surface area contributed by atoms with Crippen LogP contribution in [0.15, 0.2) is 0 Å². The van der Waals surface area contributed by atoms with Crippen LogP contribution in [-0.2, 0) is 4.74 Å². The maximum atomic E-state index is 13.4. The summed E-state index contributed by atoms with van der Waals surface area (Å²) < 4.78 is 31.8. The first-order valence-electron chi connectivity index (χ1n) is 4.50. The minimum Gasteiger partial charge on any atom is -0.381 e. The summed E-state index contributed by atoms with van der Waals surface area (Å²) in [6.45, 7) is 4.14. The van der Waals surface area contributed by atoms with Gasteiger partial charge in [-0.3, -0.25) is 0 Å². The SMILES string of the molecule is CC(C)C(F)(F)C1CCOCC1. The number of halogens is 2. The third kappa shape index (κ3) is 1.94. The predicted molar refractivity (Wildman–Crippen MR) is 43.3 cm³/mol. The van der Waals surface area contributed by atoms with Crippen molar-refractivity contribution in [3.05, 3.63) is 0 Å². The fourth-order valence-electron chi connectivity index (χ4n) is 1.55. The van der Waals surface area contributed by atoms with Crippen LogP contribution in [0.25, 0.3) is 0 Å². The lowest BCUT2D eigenvalue weighted by molar-refractivity contribution is -0.126. The van der Waals surface area contributed by atoms with Gasteiger partial charge in [-0.15, -0.1) is 0 Å². The zero-order valence-electron chi connectivity index (χ0n) is 7.65. The van der Waals surface area contributed by atoms with Crippen molar-refractivity contribution in [2.75, 3.05) is 13.2 Å². The molecule has 0 aromatic carbocycles. The maximum absolute atomic E-state index is 13.4. The predicted octanol–water partition coefficient (Wildman–Crippen LogP) is 2.70. The van der Waals surface area contributed by atoms with E-state index in [0.29, 0.717) is 26.1 Å². The van der Waals surface area contributed by atoms with E-state index in [9.17, 15) is 8.78 Å². The van der Waals surface area contributed by atoms with E-state index < -0.39 is 17.8 Å². The smallest absolute Gasteiger partial charge is 0.253 e. The summed E-state index contributed by atoms with van der Waals surface area (Å²) in [5.41, 5.74) is 0. The molecule has 0 bridgehead atoms. The van der Waals surface area contributed by atoms with E-state index in [1.807, 2.05) is 0 Å². The molecular formula is C9H16F2O. The van der Waals surface area contributed by atoms with Crippen molar-refractivity contribution in [3.8, 4) is 0 Å². The fraction of sp³-hybridized carbons (Fsp3) is 1.00. The highest BCUT2D eigenvalue weighted by molar-refractivity contribution is 4.81.